The second-order valence-corrected chi connectivity index (χ2v) is 9.18. The third-order valence-corrected chi connectivity index (χ3v) is 6.63. The van der Waals surface area contributed by atoms with E-state index in [9.17, 15) is 18.0 Å². The smallest absolute Gasteiger partial charge is 0.329 e. The summed E-state index contributed by atoms with van der Waals surface area (Å²) in [5, 5.41) is 2.74. The molecular weight excluding hydrogens is 432 g/mol. The van der Waals surface area contributed by atoms with Gasteiger partial charge in [0.25, 0.3) is 0 Å². The third-order valence-electron chi connectivity index (χ3n) is 5.03. The molecule has 0 aliphatic rings. The maximum absolute atomic E-state index is 12.7. The SMILES string of the molecule is CCn1c(=O)n(CCC(=O)Nc2ccc(S(=O)(=O)NC(C)COC)cc2)c2ccccc21. The molecule has 1 atom stereocenters. The van der Waals surface area contributed by atoms with Crippen molar-refractivity contribution in [1.82, 2.24) is 13.9 Å². The number of carbonyl (C=O) groups excluding carboxylic acids is 1. The largest absolute Gasteiger partial charge is 0.383 e. The van der Waals surface area contributed by atoms with Crippen LogP contribution in [0.5, 0.6) is 0 Å². The average Bonchev–Trinajstić information content (AvgIpc) is 3.03. The maximum Gasteiger partial charge on any atom is 0.329 e. The Bertz CT molecular complexity index is 1250. The Morgan fingerprint density at radius 1 is 1.06 bits per heavy atom. The maximum atomic E-state index is 12.7. The van der Waals surface area contributed by atoms with Crippen molar-refractivity contribution in [2.75, 3.05) is 19.0 Å². The number of nitrogens with zero attached hydrogens (tertiary/aromatic N) is 2. The van der Waals surface area contributed by atoms with Crippen molar-refractivity contribution in [2.24, 2.45) is 0 Å². The van der Waals surface area contributed by atoms with E-state index in [4.69, 9.17) is 4.74 Å². The summed E-state index contributed by atoms with van der Waals surface area (Å²) >= 11 is 0. The Hall–Kier alpha value is -2.95. The van der Waals surface area contributed by atoms with Gasteiger partial charge < -0.3 is 10.1 Å². The number of para-hydroxylation sites is 2. The molecule has 2 aromatic carbocycles. The average molecular weight is 461 g/mol. The molecule has 10 heteroatoms. The number of aryl methyl sites for hydroxylation is 2. The molecule has 1 heterocycles. The van der Waals surface area contributed by atoms with Crippen LogP contribution in [-0.4, -0.2) is 43.2 Å². The topological polar surface area (TPSA) is 111 Å². The lowest BCUT2D eigenvalue weighted by Gasteiger charge is -2.13. The molecule has 1 amide bonds. The summed E-state index contributed by atoms with van der Waals surface area (Å²) in [6.07, 6.45) is 0.105. The molecule has 32 heavy (non-hydrogen) atoms. The van der Waals surface area contributed by atoms with Gasteiger partial charge in [0.05, 0.1) is 22.5 Å². The lowest BCUT2D eigenvalue weighted by molar-refractivity contribution is -0.116. The number of aromatic nitrogens is 2. The molecule has 0 aliphatic carbocycles. The molecule has 0 saturated carbocycles. The molecule has 2 N–H and O–H groups in total. The highest BCUT2D eigenvalue weighted by Crippen LogP contribution is 2.16. The van der Waals surface area contributed by atoms with Gasteiger partial charge in [-0.3, -0.25) is 13.9 Å². The second-order valence-electron chi connectivity index (χ2n) is 7.47. The van der Waals surface area contributed by atoms with Gasteiger partial charge in [-0.25, -0.2) is 17.9 Å². The fraction of sp³-hybridized carbons (Fsp3) is 0.364. The van der Waals surface area contributed by atoms with Crippen LogP contribution < -0.4 is 15.7 Å². The summed E-state index contributed by atoms with van der Waals surface area (Å²) in [5.74, 6) is -0.271. The van der Waals surface area contributed by atoms with Crippen LogP contribution in [0.3, 0.4) is 0 Å². The van der Waals surface area contributed by atoms with E-state index in [2.05, 4.69) is 10.0 Å². The number of rotatable bonds is 10. The Morgan fingerprint density at radius 3 is 2.28 bits per heavy atom. The molecule has 1 aromatic heterocycles. The number of amides is 1. The van der Waals surface area contributed by atoms with Crippen LogP contribution in [0.2, 0.25) is 0 Å². The summed E-state index contributed by atoms with van der Waals surface area (Å²) < 4.78 is 35.5. The Labute approximate surface area is 187 Å². The fourth-order valence-corrected chi connectivity index (χ4v) is 4.79. The van der Waals surface area contributed by atoms with Crippen molar-refractivity contribution < 1.29 is 17.9 Å². The first-order valence-electron chi connectivity index (χ1n) is 10.4. The van der Waals surface area contributed by atoms with Crippen LogP contribution in [0.25, 0.3) is 11.0 Å². The predicted octanol–water partition coefficient (Wildman–Crippen LogP) is 2.16. The minimum Gasteiger partial charge on any atom is -0.383 e. The number of hydrogen-bond acceptors (Lipinski definition) is 5. The number of ether oxygens (including phenoxy) is 1. The van der Waals surface area contributed by atoms with Gasteiger partial charge in [-0.2, -0.15) is 0 Å². The first-order valence-corrected chi connectivity index (χ1v) is 11.8. The van der Waals surface area contributed by atoms with Gasteiger partial charge in [0.2, 0.25) is 15.9 Å². The molecule has 0 radical (unpaired) electrons. The number of anilines is 1. The van der Waals surface area contributed by atoms with E-state index < -0.39 is 10.0 Å². The minimum atomic E-state index is -3.68. The van der Waals surface area contributed by atoms with Crippen LogP contribution in [0.15, 0.2) is 58.2 Å². The molecular formula is C22H28N4O5S. The second kappa shape index (κ2) is 10.1. The lowest BCUT2D eigenvalue weighted by Crippen LogP contribution is -2.35. The van der Waals surface area contributed by atoms with Crippen LogP contribution in [0, 0.1) is 0 Å². The van der Waals surface area contributed by atoms with Crippen LogP contribution in [0.1, 0.15) is 20.3 Å². The number of sulfonamides is 1. The van der Waals surface area contributed by atoms with Gasteiger partial charge in [0, 0.05) is 38.3 Å². The summed E-state index contributed by atoms with van der Waals surface area (Å²) in [7, 11) is -2.18. The molecule has 1 unspecified atom stereocenters. The number of hydrogen-bond donors (Lipinski definition) is 2. The van der Waals surface area contributed by atoms with Gasteiger partial charge >= 0.3 is 5.69 Å². The van der Waals surface area contributed by atoms with Crippen molar-refractivity contribution in [2.45, 2.75) is 44.3 Å². The van der Waals surface area contributed by atoms with Crippen LogP contribution in [0.4, 0.5) is 5.69 Å². The zero-order valence-electron chi connectivity index (χ0n) is 18.4. The van der Waals surface area contributed by atoms with Gasteiger partial charge in [-0.1, -0.05) is 12.1 Å². The lowest BCUT2D eigenvalue weighted by atomic mass is 10.3. The molecule has 3 rings (SSSR count). The van der Waals surface area contributed by atoms with Crippen molar-refractivity contribution in [3.63, 3.8) is 0 Å². The number of benzene rings is 2. The minimum absolute atomic E-state index is 0.0948. The molecule has 0 spiro atoms. The summed E-state index contributed by atoms with van der Waals surface area (Å²) in [5.41, 5.74) is 1.95. The standard InChI is InChI=1S/C22H28N4O5S/c1-4-25-19-7-5-6-8-20(19)26(22(25)28)14-13-21(27)23-17-9-11-18(12-10-17)32(29,30)24-16(2)15-31-3/h5-12,16,24H,4,13-15H2,1-3H3,(H,23,27). The van der Waals surface area contributed by atoms with Crippen LogP contribution in [-0.2, 0) is 32.6 Å². The fourth-order valence-electron chi connectivity index (χ4n) is 3.57. The Kier molecular flexibility index (Phi) is 7.49. The molecule has 0 saturated heterocycles. The van der Waals surface area contributed by atoms with E-state index in [1.165, 1.54) is 31.4 Å². The van der Waals surface area contributed by atoms with Crippen molar-refractivity contribution in [3.8, 4) is 0 Å². The Balaban J connectivity index is 1.65. The van der Waals surface area contributed by atoms with Crippen molar-refractivity contribution in [1.29, 1.82) is 0 Å². The van der Waals surface area contributed by atoms with Gasteiger partial charge in [-0.15, -0.1) is 0 Å². The third kappa shape index (κ3) is 5.26. The zero-order valence-corrected chi connectivity index (χ0v) is 19.2. The number of imidazole rings is 1. The van der Waals surface area contributed by atoms with Gasteiger partial charge in [0.1, 0.15) is 0 Å². The van der Waals surface area contributed by atoms with Gasteiger partial charge in [-0.05, 0) is 50.2 Å². The molecule has 3 aromatic rings. The first-order chi connectivity index (χ1) is 15.3. The van der Waals surface area contributed by atoms with Crippen molar-refractivity contribution >= 4 is 32.7 Å². The highest BCUT2D eigenvalue weighted by atomic mass is 32.2. The van der Waals surface area contributed by atoms with E-state index in [0.29, 0.717) is 12.2 Å². The van der Waals surface area contributed by atoms with Crippen LogP contribution >= 0.6 is 0 Å². The zero-order chi connectivity index (χ0) is 23.3. The van der Waals surface area contributed by atoms with E-state index in [1.54, 1.807) is 16.1 Å². The van der Waals surface area contributed by atoms with E-state index in [-0.39, 0.29) is 42.1 Å². The summed E-state index contributed by atoms with van der Waals surface area (Å²) in [4.78, 5) is 25.2. The number of methoxy groups -OCH3 is 1. The quantitative estimate of drug-likeness (QED) is 0.482. The summed E-state index contributed by atoms with van der Waals surface area (Å²) in [6, 6.07) is 13.0. The monoisotopic (exact) mass is 460 g/mol. The summed E-state index contributed by atoms with van der Waals surface area (Å²) in [6.45, 7) is 4.66. The van der Waals surface area contributed by atoms with Crippen molar-refractivity contribution in [3.05, 3.63) is 59.0 Å². The predicted molar refractivity (Wildman–Crippen MR) is 123 cm³/mol. The molecule has 0 aliphatic heterocycles. The molecule has 0 fully saturated rings. The van der Waals surface area contributed by atoms with E-state index in [0.717, 1.165) is 11.0 Å². The van der Waals surface area contributed by atoms with E-state index in [1.807, 2.05) is 31.2 Å². The number of fused-ring (bicyclic) bond motifs is 1. The highest BCUT2D eigenvalue weighted by Gasteiger charge is 2.17. The first kappa shape index (κ1) is 23.7. The highest BCUT2D eigenvalue weighted by molar-refractivity contribution is 7.89. The van der Waals surface area contributed by atoms with E-state index >= 15 is 0 Å². The molecule has 172 valence electrons. The Morgan fingerprint density at radius 2 is 1.69 bits per heavy atom. The molecule has 9 nitrogen and oxygen atoms in total. The number of nitrogens with one attached hydrogen (secondary N) is 2. The molecule has 0 bridgehead atoms. The number of carbonyl (C=O) groups is 1. The van der Waals surface area contributed by atoms with Gasteiger partial charge in [0.15, 0.2) is 0 Å². The normalized spacial score (nSPS) is 12.7.